The van der Waals surface area contributed by atoms with E-state index in [2.05, 4.69) is 0 Å². The lowest BCUT2D eigenvalue weighted by Gasteiger charge is -2.30. The summed E-state index contributed by atoms with van der Waals surface area (Å²) >= 11 is 1.54. The molecule has 104 valence electrons. The zero-order valence-electron chi connectivity index (χ0n) is 11.1. The SMILES string of the molecule is CSCc1cc(C(=O)N2CCCC(N)C2)ccc1F. The molecule has 1 aromatic carbocycles. The van der Waals surface area contributed by atoms with Crippen LogP contribution < -0.4 is 5.73 Å². The Morgan fingerprint density at radius 1 is 1.58 bits per heavy atom. The minimum Gasteiger partial charge on any atom is -0.337 e. The number of rotatable bonds is 3. The largest absolute Gasteiger partial charge is 0.337 e. The van der Waals surface area contributed by atoms with Crippen molar-refractivity contribution < 1.29 is 9.18 Å². The molecular formula is C14H19FN2OS. The summed E-state index contributed by atoms with van der Waals surface area (Å²) in [7, 11) is 0. The third kappa shape index (κ3) is 3.48. The van der Waals surface area contributed by atoms with Gasteiger partial charge in [-0.2, -0.15) is 11.8 Å². The molecule has 1 amide bonds. The number of nitrogens with two attached hydrogens (primary N) is 1. The fraction of sp³-hybridized carbons (Fsp3) is 0.500. The van der Waals surface area contributed by atoms with Crippen molar-refractivity contribution in [1.82, 2.24) is 4.90 Å². The average molecular weight is 282 g/mol. The van der Waals surface area contributed by atoms with Crippen LogP contribution in [0.2, 0.25) is 0 Å². The summed E-state index contributed by atoms with van der Waals surface area (Å²) in [4.78, 5) is 14.1. The van der Waals surface area contributed by atoms with Crippen LogP contribution in [0.3, 0.4) is 0 Å². The molecule has 1 fully saturated rings. The Morgan fingerprint density at radius 3 is 3.05 bits per heavy atom. The normalized spacial score (nSPS) is 19.5. The molecule has 1 heterocycles. The second kappa shape index (κ2) is 6.39. The highest BCUT2D eigenvalue weighted by atomic mass is 32.2. The van der Waals surface area contributed by atoms with E-state index in [-0.39, 0.29) is 17.8 Å². The molecule has 1 unspecified atom stereocenters. The number of likely N-dealkylation sites (tertiary alicyclic amines) is 1. The minimum absolute atomic E-state index is 0.0440. The fourth-order valence-electron chi connectivity index (χ4n) is 2.35. The van der Waals surface area contributed by atoms with E-state index in [1.54, 1.807) is 28.8 Å². The van der Waals surface area contributed by atoms with Crippen molar-refractivity contribution in [1.29, 1.82) is 0 Å². The first kappa shape index (κ1) is 14.3. The number of benzene rings is 1. The van der Waals surface area contributed by atoms with Crippen molar-refractivity contribution in [2.45, 2.75) is 24.6 Å². The molecule has 0 spiro atoms. The monoisotopic (exact) mass is 282 g/mol. The van der Waals surface area contributed by atoms with E-state index < -0.39 is 0 Å². The van der Waals surface area contributed by atoms with Gasteiger partial charge in [-0.25, -0.2) is 4.39 Å². The Bertz CT molecular complexity index is 467. The summed E-state index contributed by atoms with van der Waals surface area (Å²) in [6, 6.07) is 4.65. The molecule has 0 saturated carbocycles. The maximum absolute atomic E-state index is 13.6. The highest BCUT2D eigenvalue weighted by molar-refractivity contribution is 7.97. The maximum atomic E-state index is 13.6. The minimum atomic E-state index is -0.249. The predicted octanol–water partition coefficient (Wildman–Crippen LogP) is 2.25. The van der Waals surface area contributed by atoms with Crippen molar-refractivity contribution in [3.05, 3.63) is 35.1 Å². The van der Waals surface area contributed by atoms with Crippen LogP contribution in [0, 0.1) is 5.82 Å². The molecule has 2 N–H and O–H groups in total. The van der Waals surface area contributed by atoms with Gasteiger partial charge in [0.05, 0.1) is 0 Å². The molecule has 1 atom stereocenters. The van der Waals surface area contributed by atoms with E-state index in [0.717, 1.165) is 19.4 Å². The highest BCUT2D eigenvalue weighted by Gasteiger charge is 2.22. The van der Waals surface area contributed by atoms with E-state index in [1.807, 2.05) is 6.26 Å². The van der Waals surface area contributed by atoms with Gasteiger partial charge >= 0.3 is 0 Å². The number of halogens is 1. The zero-order chi connectivity index (χ0) is 13.8. The molecule has 1 aromatic rings. The highest BCUT2D eigenvalue weighted by Crippen LogP contribution is 2.18. The molecule has 19 heavy (non-hydrogen) atoms. The predicted molar refractivity (Wildman–Crippen MR) is 76.7 cm³/mol. The molecular weight excluding hydrogens is 263 g/mol. The van der Waals surface area contributed by atoms with Crippen LogP contribution in [0.5, 0.6) is 0 Å². The van der Waals surface area contributed by atoms with Gasteiger partial charge in [0.15, 0.2) is 0 Å². The molecule has 1 aliphatic rings. The van der Waals surface area contributed by atoms with Crippen molar-refractivity contribution in [2.24, 2.45) is 5.73 Å². The topological polar surface area (TPSA) is 46.3 Å². The number of piperidine rings is 1. The van der Waals surface area contributed by atoms with Crippen molar-refractivity contribution >= 4 is 17.7 Å². The summed E-state index contributed by atoms with van der Waals surface area (Å²) in [6.45, 7) is 1.33. The fourth-order valence-corrected chi connectivity index (χ4v) is 2.88. The maximum Gasteiger partial charge on any atom is 0.253 e. The molecule has 5 heteroatoms. The summed E-state index contributed by atoms with van der Waals surface area (Å²) in [6.07, 6.45) is 3.81. The molecule has 0 bridgehead atoms. The van der Waals surface area contributed by atoms with Crippen molar-refractivity contribution in [2.75, 3.05) is 19.3 Å². The van der Waals surface area contributed by atoms with Gasteiger partial charge in [0.25, 0.3) is 5.91 Å². The van der Waals surface area contributed by atoms with E-state index >= 15 is 0 Å². The van der Waals surface area contributed by atoms with Crippen LogP contribution in [-0.4, -0.2) is 36.2 Å². The van der Waals surface area contributed by atoms with Crippen LogP contribution in [-0.2, 0) is 5.75 Å². The Kier molecular flexibility index (Phi) is 4.82. The van der Waals surface area contributed by atoms with E-state index in [1.165, 1.54) is 6.07 Å². The summed E-state index contributed by atoms with van der Waals surface area (Å²) in [5.41, 5.74) is 7.02. The van der Waals surface area contributed by atoms with E-state index in [9.17, 15) is 9.18 Å². The molecule has 2 rings (SSSR count). The first-order valence-corrected chi connectivity index (χ1v) is 7.83. The lowest BCUT2D eigenvalue weighted by molar-refractivity contribution is 0.0708. The number of carbonyl (C=O) groups excluding carboxylic acids is 1. The Morgan fingerprint density at radius 2 is 2.37 bits per heavy atom. The lowest BCUT2D eigenvalue weighted by atomic mass is 10.0. The van der Waals surface area contributed by atoms with E-state index in [4.69, 9.17) is 5.73 Å². The summed E-state index contributed by atoms with van der Waals surface area (Å²) < 4.78 is 13.6. The smallest absolute Gasteiger partial charge is 0.253 e. The van der Waals surface area contributed by atoms with E-state index in [0.29, 0.717) is 23.4 Å². The van der Waals surface area contributed by atoms with Crippen LogP contribution in [0.1, 0.15) is 28.8 Å². The molecule has 3 nitrogen and oxygen atoms in total. The van der Waals surface area contributed by atoms with Gasteiger partial charge in [-0.05, 0) is 42.9 Å². The van der Waals surface area contributed by atoms with Gasteiger partial charge < -0.3 is 10.6 Å². The zero-order valence-corrected chi connectivity index (χ0v) is 11.9. The molecule has 1 saturated heterocycles. The van der Waals surface area contributed by atoms with Crippen LogP contribution in [0.15, 0.2) is 18.2 Å². The van der Waals surface area contributed by atoms with Crippen molar-refractivity contribution in [3.63, 3.8) is 0 Å². The lowest BCUT2D eigenvalue weighted by Crippen LogP contribution is -2.45. The van der Waals surface area contributed by atoms with Gasteiger partial charge in [0.1, 0.15) is 5.82 Å². The van der Waals surface area contributed by atoms with Gasteiger partial charge in [0, 0.05) is 30.4 Å². The summed E-state index contributed by atoms with van der Waals surface area (Å²) in [5.74, 6) is 0.283. The third-order valence-electron chi connectivity index (χ3n) is 3.34. The Hall–Kier alpha value is -1.07. The standard InChI is InChI=1S/C14H19FN2OS/c1-19-9-11-7-10(4-5-13(11)15)14(18)17-6-2-3-12(16)8-17/h4-5,7,12H,2-3,6,8-9,16H2,1H3. The van der Waals surface area contributed by atoms with Gasteiger partial charge in [0.2, 0.25) is 0 Å². The quantitative estimate of drug-likeness (QED) is 0.925. The Labute approximate surface area is 117 Å². The number of hydrogen-bond donors (Lipinski definition) is 1. The molecule has 0 aromatic heterocycles. The first-order chi connectivity index (χ1) is 9.11. The van der Waals surface area contributed by atoms with Gasteiger partial charge in [-0.1, -0.05) is 0 Å². The second-order valence-electron chi connectivity index (χ2n) is 4.89. The number of thioether (sulfide) groups is 1. The number of amides is 1. The second-order valence-corrected chi connectivity index (χ2v) is 5.76. The first-order valence-electron chi connectivity index (χ1n) is 6.44. The van der Waals surface area contributed by atoms with Gasteiger partial charge in [-0.3, -0.25) is 4.79 Å². The molecule has 0 radical (unpaired) electrons. The van der Waals surface area contributed by atoms with Crippen LogP contribution in [0.25, 0.3) is 0 Å². The van der Waals surface area contributed by atoms with Crippen molar-refractivity contribution in [3.8, 4) is 0 Å². The number of nitrogens with zero attached hydrogens (tertiary/aromatic N) is 1. The Balaban J connectivity index is 2.16. The number of carbonyl (C=O) groups is 1. The van der Waals surface area contributed by atoms with Crippen LogP contribution in [0.4, 0.5) is 4.39 Å². The molecule has 1 aliphatic heterocycles. The van der Waals surface area contributed by atoms with Gasteiger partial charge in [-0.15, -0.1) is 0 Å². The summed E-state index contributed by atoms with van der Waals surface area (Å²) in [5, 5.41) is 0. The third-order valence-corrected chi connectivity index (χ3v) is 3.94. The van der Waals surface area contributed by atoms with Crippen LogP contribution >= 0.6 is 11.8 Å². The molecule has 0 aliphatic carbocycles. The average Bonchev–Trinajstić information content (AvgIpc) is 2.41. The number of hydrogen-bond acceptors (Lipinski definition) is 3.